The van der Waals surface area contributed by atoms with Crippen molar-refractivity contribution in [3.8, 4) is 0 Å². The van der Waals surface area contributed by atoms with E-state index in [0.29, 0.717) is 6.61 Å². The second kappa shape index (κ2) is 6.59. The van der Waals surface area contributed by atoms with Crippen LogP contribution in [0.5, 0.6) is 0 Å². The van der Waals surface area contributed by atoms with Gasteiger partial charge in [0.25, 0.3) is 0 Å². The van der Waals surface area contributed by atoms with Crippen LogP contribution in [0.3, 0.4) is 0 Å². The number of hydrogen-bond acceptors (Lipinski definition) is 2. The van der Waals surface area contributed by atoms with E-state index in [2.05, 4.69) is 6.92 Å². The molecule has 0 aromatic rings. The maximum atomic E-state index is 10.3. The fourth-order valence-electron chi connectivity index (χ4n) is 0.745. The lowest BCUT2D eigenvalue weighted by Gasteiger charge is -1.99. The second-order valence-corrected chi connectivity index (χ2v) is 2.40. The molecule has 0 rings (SSSR count). The standard InChI is InChI=1S/C8H16O2/c1-3-4-5-6-7-10-8(2)9/h3-7H2,1-2H3/i7+2. The average Bonchev–Trinajstić information content (AvgIpc) is 1.87. The zero-order valence-corrected chi connectivity index (χ0v) is 6.85. The minimum atomic E-state index is -0.170. The van der Waals surface area contributed by atoms with Gasteiger partial charge in [0.05, 0.1) is 6.61 Å². The summed E-state index contributed by atoms with van der Waals surface area (Å²) in [5.41, 5.74) is 0. The summed E-state index contributed by atoms with van der Waals surface area (Å²) in [7, 11) is 0. The number of hydrogen-bond donors (Lipinski definition) is 0. The molecule has 0 saturated carbocycles. The van der Waals surface area contributed by atoms with Gasteiger partial charge < -0.3 is 4.74 Å². The molecule has 10 heavy (non-hydrogen) atoms. The molecular formula is C8H16O2. The van der Waals surface area contributed by atoms with Gasteiger partial charge in [0.2, 0.25) is 0 Å². The van der Waals surface area contributed by atoms with Crippen LogP contribution >= 0.6 is 0 Å². The first-order valence-electron chi connectivity index (χ1n) is 3.90. The fourth-order valence-corrected chi connectivity index (χ4v) is 0.745. The van der Waals surface area contributed by atoms with Gasteiger partial charge in [-0.1, -0.05) is 26.2 Å². The predicted octanol–water partition coefficient (Wildman–Crippen LogP) is 2.13. The lowest BCUT2D eigenvalue weighted by Crippen LogP contribution is -1.99. The van der Waals surface area contributed by atoms with Crippen molar-refractivity contribution in [1.29, 1.82) is 0 Å². The largest absolute Gasteiger partial charge is 0.466 e. The van der Waals surface area contributed by atoms with Crippen LogP contribution in [-0.4, -0.2) is 12.6 Å². The third kappa shape index (κ3) is 7.47. The molecule has 0 aliphatic heterocycles. The highest BCUT2D eigenvalue weighted by molar-refractivity contribution is 5.65. The van der Waals surface area contributed by atoms with Crippen LogP contribution in [-0.2, 0) is 9.53 Å². The van der Waals surface area contributed by atoms with Gasteiger partial charge in [0.1, 0.15) is 0 Å². The van der Waals surface area contributed by atoms with E-state index >= 15 is 0 Å². The minimum absolute atomic E-state index is 0.170. The highest BCUT2D eigenvalue weighted by Crippen LogP contribution is 1.98. The number of unbranched alkanes of at least 4 members (excludes halogenated alkanes) is 3. The molecule has 0 bridgehead atoms. The Morgan fingerprint density at radius 3 is 2.70 bits per heavy atom. The van der Waals surface area contributed by atoms with E-state index in [1.807, 2.05) is 0 Å². The fraction of sp³-hybridized carbons (Fsp3) is 0.875. The molecule has 0 unspecified atom stereocenters. The topological polar surface area (TPSA) is 26.3 Å². The van der Waals surface area contributed by atoms with Gasteiger partial charge in [0.15, 0.2) is 0 Å². The molecular weight excluding hydrogens is 130 g/mol. The monoisotopic (exact) mass is 146 g/mol. The molecule has 0 amide bonds. The van der Waals surface area contributed by atoms with Gasteiger partial charge in [-0.15, -0.1) is 0 Å². The first-order valence-corrected chi connectivity index (χ1v) is 3.90. The average molecular weight is 146 g/mol. The summed E-state index contributed by atoms with van der Waals surface area (Å²) in [5, 5.41) is 0. The Morgan fingerprint density at radius 2 is 2.20 bits per heavy atom. The van der Waals surface area contributed by atoms with Crippen molar-refractivity contribution in [3.05, 3.63) is 0 Å². The highest BCUT2D eigenvalue weighted by Gasteiger charge is 1.91. The Morgan fingerprint density at radius 1 is 1.50 bits per heavy atom. The summed E-state index contributed by atoms with van der Waals surface area (Å²) in [6.07, 6.45) is 4.64. The van der Waals surface area contributed by atoms with Crippen LogP contribution in [0.25, 0.3) is 0 Å². The number of rotatable bonds is 5. The zero-order valence-electron chi connectivity index (χ0n) is 6.85. The number of ether oxygens (including phenoxy) is 1. The SMILES string of the molecule is CCCCC[14CH2]OC(C)=O. The number of esters is 1. The molecule has 0 N–H and O–H groups in total. The molecule has 0 radical (unpaired) electrons. The van der Waals surface area contributed by atoms with Crippen molar-refractivity contribution in [2.45, 2.75) is 39.5 Å². The molecule has 0 aromatic heterocycles. The van der Waals surface area contributed by atoms with E-state index in [-0.39, 0.29) is 5.97 Å². The van der Waals surface area contributed by atoms with Crippen molar-refractivity contribution >= 4 is 5.97 Å². The normalized spacial score (nSPS) is 9.40. The molecule has 0 atom stereocenters. The Kier molecular flexibility index (Phi) is 6.24. The van der Waals surface area contributed by atoms with Crippen molar-refractivity contribution in [3.63, 3.8) is 0 Å². The van der Waals surface area contributed by atoms with Gasteiger partial charge in [-0.2, -0.15) is 0 Å². The number of carbonyl (C=O) groups is 1. The van der Waals surface area contributed by atoms with E-state index in [1.54, 1.807) is 0 Å². The summed E-state index contributed by atoms with van der Waals surface area (Å²) >= 11 is 0. The summed E-state index contributed by atoms with van der Waals surface area (Å²) in [4.78, 5) is 10.3. The van der Waals surface area contributed by atoms with Gasteiger partial charge in [-0.25, -0.2) is 0 Å². The summed E-state index contributed by atoms with van der Waals surface area (Å²) in [6.45, 7) is 4.20. The van der Waals surface area contributed by atoms with Crippen molar-refractivity contribution < 1.29 is 9.53 Å². The minimum Gasteiger partial charge on any atom is -0.466 e. The molecule has 2 heteroatoms. The predicted molar refractivity (Wildman–Crippen MR) is 40.8 cm³/mol. The maximum Gasteiger partial charge on any atom is 0.302 e. The van der Waals surface area contributed by atoms with E-state index in [1.165, 1.54) is 26.2 Å². The molecule has 0 aliphatic rings. The van der Waals surface area contributed by atoms with E-state index < -0.39 is 0 Å². The molecule has 0 fully saturated rings. The molecule has 0 aliphatic carbocycles. The summed E-state index contributed by atoms with van der Waals surface area (Å²) in [6, 6.07) is 0. The summed E-state index contributed by atoms with van der Waals surface area (Å²) in [5.74, 6) is -0.170. The van der Waals surface area contributed by atoms with Crippen LogP contribution in [0.1, 0.15) is 39.5 Å². The third-order valence-electron chi connectivity index (χ3n) is 1.30. The highest BCUT2D eigenvalue weighted by atomic mass is 16.7. The van der Waals surface area contributed by atoms with Crippen LogP contribution in [0.4, 0.5) is 0 Å². The van der Waals surface area contributed by atoms with E-state index in [0.717, 1.165) is 6.42 Å². The Balaban J connectivity index is 2.84. The first kappa shape index (κ1) is 9.47. The Bertz CT molecular complexity index is 89.3. The Hall–Kier alpha value is -0.530. The molecule has 0 aromatic carbocycles. The van der Waals surface area contributed by atoms with Gasteiger partial charge in [0, 0.05) is 6.92 Å². The smallest absolute Gasteiger partial charge is 0.302 e. The summed E-state index contributed by atoms with van der Waals surface area (Å²) < 4.78 is 4.75. The van der Waals surface area contributed by atoms with Crippen LogP contribution in [0.15, 0.2) is 0 Å². The third-order valence-corrected chi connectivity index (χ3v) is 1.30. The Labute approximate surface area is 62.6 Å². The van der Waals surface area contributed by atoms with Crippen molar-refractivity contribution in [2.75, 3.05) is 6.61 Å². The van der Waals surface area contributed by atoms with Crippen molar-refractivity contribution in [1.82, 2.24) is 0 Å². The second-order valence-electron chi connectivity index (χ2n) is 2.40. The van der Waals surface area contributed by atoms with Gasteiger partial charge in [-0.05, 0) is 6.42 Å². The quantitative estimate of drug-likeness (QED) is 0.438. The molecule has 0 heterocycles. The number of carbonyl (C=O) groups excluding carboxylic acids is 1. The van der Waals surface area contributed by atoms with Crippen LogP contribution < -0.4 is 0 Å². The van der Waals surface area contributed by atoms with E-state index in [4.69, 9.17) is 4.74 Å². The van der Waals surface area contributed by atoms with Gasteiger partial charge >= 0.3 is 5.97 Å². The van der Waals surface area contributed by atoms with Crippen LogP contribution in [0.2, 0.25) is 0 Å². The lowest BCUT2D eigenvalue weighted by molar-refractivity contribution is -0.141. The lowest BCUT2D eigenvalue weighted by atomic mass is 10.3. The van der Waals surface area contributed by atoms with Crippen LogP contribution in [0, 0.1) is 0 Å². The molecule has 2 nitrogen and oxygen atoms in total. The zero-order chi connectivity index (χ0) is 7.82. The molecule has 60 valence electrons. The first-order chi connectivity index (χ1) is 4.77. The molecule has 0 saturated heterocycles. The van der Waals surface area contributed by atoms with Gasteiger partial charge in [-0.3, -0.25) is 4.79 Å². The van der Waals surface area contributed by atoms with E-state index in [9.17, 15) is 4.79 Å². The van der Waals surface area contributed by atoms with Crippen molar-refractivity contribution in [2.24, 2.45) is 0 Å². The molecule has 0 spiro atoms. The maximum absolute atomic E-state index is 10.3.